The highest BCUT2D eigenvalue weighted by Gasteiger charge is 2.34. The molecule has 25 heavy (non-hydrogen) atoms. The van der Waals surface area contributed by atoms with Crippen LogP contribution in [0.5, 0.6) is 0 Å². The van der Waals surface area contributed by atoms with Crippen LogP contribution in [0.15, 0.2) is 30.7 Å². The van der Waals surface area contributed by atoms with Gasteiger partial charge in [0.1, 0.15) is 0 Å². The second kappa shape index (κ2) is 6.60. The minimum Gasteiger partial charge on any atom is -0.378 e. The number of rotatable bonds is 3. The third-order valence-corrected chi connectivity index (χ3v) is 4.48. The van der Waals surface area contributed by atoms with Crippen molar-refractivity contribution in [3.05, 3.63) is 42.0 Å². The van der Waals surface area contributed by atoms with Gasteiger partial charge in [-0.15, -0.1) is 5.10 Å². The van der Waals surface area contributed by atoms with Gasteiger partial charge in [0.2, 0.25) is 0 Å². The fourth-order valence-electron chi connectivity index (χ4n) is 2.95. The first-order valence-corrected chi connectivity index (χ1v) is 8.20. The van der Waals surface area contributed by atoms with E-state index in [1.807, 2.05) is 0 Å². The number of likely N-dealkylation sites (tertiary alicyclic amines) is 1. The molecule has 2 fully saturated rings. The normalized spacial score (nSPS) is 18.1. The third kappa shape index (κ3) is 3.10. The molecule has 2 aromatic rings. The SMILES string of the molecule is O=C(c1ccncc1)N1CC(n2cc(C(=O)N3CCOCC3)nn2)C1. The fraction of sp³-hybridized carbons (Fsp3) is 0.438. The van der Waals surface area contributed by atoms with Crippen molar-refractivity contribution >= 4 is 11.8 Å². The van der Waals surface area contributed by atoms with Crippen LogP contribution >= 0.6 is 0 Å². The van der Waals surface area contributed by atoms with E-state index in [1.54, 1.807) is 45.2 Å². The smallest absolute Gasteiger partial charge is 0.276 e. The van der Waals surface area contributed by atoms with Gasteiger partial charge in [0.05, 0.1) is 25.5 Å². The number of hydrogen-bond acceptors (Lipinski definition) is 6. The summed E-state index contributed by atoms with van der Waals surface area (Å²) in [6, 6.07) is 3.44. The summed E-state index contributed by atoms with van der Waals surface area (Å²) in [7, 11) is 0. The van der Waals surface area contributed by atoms with Crippen molar-refractivity contribution in [2.45, 2.75) is 6.04 Å². The Morgan fingerprint density at radius 3 is 2.48 bits per heavy atom. The number of aromatic nitrogens is 4. The summed E-state index contributed by atoms with van der Waals surface area (Å²) in [5.74, 6) is -0.151. The third-order valence-electron chi connectivity index (χ3n) is 4.48. The first-order chi connectivity index (χ1) is 12.2. The largest absolute Gasteiger partial charge is 0.378 e. The van der Waals surface area contributed by atoms with E-state index >= 15 is 0 Å². The molecule has 0 saturated carbocycles. The standard InChI is InChI=1S/C16H18N6O3/c23-15(12-1-3-17-4-2-12)21-9-13(10-21)22-11-14(18-19-22)16(24)20-5-7-25-8-6-20/h1-4,11,13H,5-10H2. The zero-order valence-electron chi connectivity index (χ0n) is 13.6. The Morgan fingerprint density at radius 1 is 1.04 bits per heavy atom. The van der Waals surface area contributed by atoms with Gasteiger partial charge in [0, 0.05) is 44.1 Å². The maximum Gasteiger partial charge on any atom is 0.276 e. The van der Waals surface area contributed by atoms with Gasteiger partial charge in [-0.3, -0.25) is 14.6 Å². The number of hydrogen-bond donors (Lipinski definition) is 0. The van der Waals surface area contributed by atoms with E-state index in [9.17, 15) is 9.59 Å². The molecule has 0 bridgehead atoms. The molecule has 0 aliphatic carbocycles. The van der Waals surface area contributed by atoms with Gasteiger partial charge in [-0.1, -0.05) is 5.21 Å². The lowest BCUT2D eigenvalue weighted by molar-refractivity contribution is 0.0298. The van der Waals surface area contributed by atoms with E-state index in [0.29, 0.717) is 50.7 Å². The molecule has 2 aliphatic heterocycles. The molecule has 0 atom stereocenters. The van der Waals surface area contributed by atoms with E-state index in [1.165, 1.54) is 0 Å². The van der Waals surface area contributed by atoms with Crippen LogP contribution in [-0.2, 0) is 4.74 Å². The summed E-state index contributed by atoms with van der Waals surface area (Å²) in [6.45, 7) is 3.35. The Hall–Kier alpha value is -2.81. The van der Waals surface area contributed by atoms with Crippen molar-refractivity contribution in [2.75, 3.05) is 39.4 Å². The van der Waals surface area contributed by atoms with Crippen LogP contribution in [0, 0.1) is 0 Å². The van der Waals surface area contributed by atoms with Crippen LogP contribution in [0.2, 0.25) is 0 Å². The van der Waals surface area contributed by atoms with Gasteiger partial charge >= 0.3 is 0 Å². The number of pyridine rings is 1. The Balaban J connectivity index is 1.36. The van der Waals surface area contributed by atoms with E-state index in [-0.39, 0.29) is 17.9 Å². The highest BCUT2D eigenvalue weighted by molar-refractivity contribution is 5.94. The maximum atomic E-state index is 12.4. The van der Waals surface area contributed by atoms with Crippen LogP contribution < -0.4 is 0 Å². The second-order valence-electron chi connectivity index (χ2n) is 6.09. The molecule has 0 unspecified atom stereocenters. The summed E-state index contributed by atoms with van der Waals surface area (Å²) in [4.78, 5) is 32.1. The van der Waals surface area contributed by atoms with Crippen molar-refractivity contribution in [3.8, 4) is 0 Å². The van der Waals surface area contributed by atoms with Gasteiger partial charge in [0.25, 0.3) is 11.8 Å². The predicted octanol–water partition coefficient (Wildman–Crippen LogP) is -0.157. The van der Waals surface area contributed by atoms with E-state index in [4.69, 9.17) is 4.74 Å². The molecule has 9 nitrogen and oxygen atoms in total. The quantitative estimate of drug-likeness (QED) is 0.770. The van der Waals surface area contributed by atoms with Crippen molar-refractivity contribution < 1.29 is 14.3 Å². The Kier molecular flexibility index (Phi) is 4.14. The zero-order chi connectivity index (χ0) is 17.2. The summed E-state index contributed by atoms with van der Waals surface area (Å²) < 4.78 is 6.92. The molecule has 0 aromatic carbocycles. The molecule has 0 spiro atoms. The molecule has 4 heterocycles. The predicted molar refractivity (Wildman–Crippen MR) is 85.9 cm³/mol. The number of carbonyl (C=O) groups excluding carboxylic acids is 2. The van der Waals surface area contributed by atoms with E-state index < -0.39 is 0 Å². The Morgan fingerprint density at radius 2 is 1.76 bits per heavy atom. The topological polar surface area (TPSA) is 93.5 Å². The summed E-state index contributed by atoms with van der Waals surface area (Å²) >= 11 is 0. The first kappa shape index (κ1) is 15.7. The van der Waals surface area contributed by atoms with E-state index in [0.717, 1.165) is 0 Å². The molecule has 2 amide bonds. The zero-order valence-corrected chi connectivity index (χ0v) is 13.6. The van der Waals surface area contributed by atoms with Crippen molar-refractivity contribution in [1.29, 1.82) is 0 Å². The molecular weight excluding hydrogens is 324 g/mol. The molecule has 0 N–H and O–H groups in total. The first-order valence-electron chi connectivity index (χ1n) is 8.20. The van der Waals surface area contributed by atoms with Gasteiger partial charge < -0.3 is 14.5 Å². The number of morpholine rings is 1. The molecule has 2 aliphatic rings. The number of nitrogens with zero attached hydrogens (tertiary/aromatic N) is 6. The summed E-state index contributed by atoms with van der Waals surface area (Å²) in [5, 5.41) is 8.05. The fourth-order valence-corrected chi connectivity index (χ4v) is 2.95. The molecule has 2 saturated heterocycles. The number of carbonyl (C=O) groups is 2. The average Bonchev–Trinajstić information content (AvgIpc) is 3.11. The molecule has 4 rings (SSSR count). The van der Waals surface area contributed by atoms with Crippen LogP contribution in [0.3, 0.4) is 0 Å². The second-order valence-corrected chi connectivity index (χ2v) is 6.09. The average molecular weight is 342 g/mol. The van der Waals surface area contributed by atoms with Crippen LogP contribution in [-0.4, -0.2) is 81.0 Å². The minimum absolute atomic E-state index is 0.0246. The monoisotopic (exact) mass is 342 g/mol. The Bertz CT molecular complexity index is 765. The Labute approximate surface area is 144 Å². The molecule has 9 heteroatoms. The van der Waals surface area contributed by atoms with Crippen molar-refractivity contribution in [2.24, 2.45) is 0 Å². The van der Waals surface area contributed by atoms with Gasteiger partial charge in [0.15, 0.2) is 5.69 Å². The van der Waals surface area contributed by atoms with Crippen LogP contribution in [0.1, 0.15) is 26.9 Å². The van der Waals surface area contributed by atoms with Gasteiger partial charge in [-0.2, -0.15) is 0 Å². The highest BCUT2D eigenvalue weighted by atomic mass is 16.5. The summed E-state index contributed by atoms with van der Waals surface area (Å²) in [5.41, 5.74) is 0.955. The lowest BCUT2D eigenvalue weighted by Gasteiger charge is -2.38. The van der Waals surface area contributed by atoms with Crippen LogP contribution in [0.25, 0.3) is 0 Å². The minimum atomic E-state index is -0.126. The number of amides is 2. The van der Waals surface area contributed by atoms with Gasteiger partial charge in [-0.05, 0) is 12.1 Å². The van der Waals surface area contributed by atoms with Crippen molar-refractivity contribution in [1.82, 2.24) is 29.8 Å². The van der Waals surface area contributed by atoms with Crippen LogP contribution in [0.4, 0.5) is 0 Å². The van der Waals surface area contributed by atoms with E-state index in [2.05, 4.69) is 15.3 Å². The molecule has 2 aromatic heterocycles. The summed E-state index contributed by atoms with van der Waals surface area (Å²) in [6.07, 6.45) is 4.87. The molecular formula is C16H18N6O3. The van der Waals surface area contributed by atoms with Crippen molar-refractivity contribution in [3.63, 3.8) is 0 Å². The lowest BCUT2D eigenvalue weighted by atomic mass is 10.1. The maximum absolute atomic E-state index is 12.4. The lowest BCUT2D eigenvalue weighted by Crippen LogP contribution is -2.50. The van der Waals surface area contributed by atoms with Gasteiger partial charge in [-0.25, -0.2) is 4.68 Å². The molecule has 0 radical (unpaired) electrons. The highest BCUT2D eigenvalue weighted by Crippen LogP contribution is 2.22. The molecule has 130 valence electrons. The number of ether oxygens (including phenoxy) is 1.